The number of hydrogen-bond acceptors (Lipinski definition) is 6. The predicted octanol–water partition coefficient (Wildman–Crippen LogP) is 1.48. The number of β-amino-alcohol motifs (C(OH)–C–C–N with tert-alkyl or cyclic N) is 1. The van der Waals surface area contributed by atoms with Crippen molar-refractivity contribution >= 4 is 11.3 Å². The van der Waals surface area contributed by atoms with Gasteiger partial charge in [0.25, 0.3) is 0 Å². The Morgan fingerprint density at radius 3 is 2.52 bits per heavy atom. The van der Waals surface area contributed by atoms with Crippen LogP contribution in [0.15, 0.2) is 5.38 Å². The maximum atomic E-state index is 10.3. The topological polar surface area (TPSA) is 42.8 Å². The van der Waals surface area contributed by atoms with E-state index in [-0.39, 0.29) is 11.5 Å². The van der Waals surface area contributed by atoms with Crippen LogP contribution in [0.5, 0.6) is 0 Å². The van der Waals surface area contributed by atoms with E-state index >= 15 is 0 Å². The minimum atomic E-state index is -0.301. The maximum absolute atomic E-state index is 10.3. The fourth-order valence-electron chi connectivity index (χ4n) is 2.77. The summed E-state index contributed by atoms with van der Waals surface area (Å²) in [5.41, 5.74) is 1.26. The van der Waals surface area contributed by atoms with E-state index in [0.29, 0.717) is 6.54 Å². The minimum absolute atomic E-state index is 0.105. The van der Waals surface area contributed by atoms with Gasteiger partial charge >= 0.3 is 0 Å². The Morgan fingerprint density at radius 2 is 1.96 bits per heavy atom. The van der Waals surface area contributed by atoms with Gasteiger partial charge in [-0.05, 0) is 14.1 Å². The second kappa shape index (κ2) is 8.03. The minimum Gasteiger partial charge on any atom is -0.390 e. The average molecular weight is 341 g/mol. The third kappa shape index (κ3) is 6.12. The number of aliphatic hydroxyl groups excluding tert-OH is 1. The van der Waals surface area contributed by atoms with E-state index in [1.54, 1.807) is 11.3 Å². The third-order valence-corrected chi connectivity index (χ3v) is 5.15. The van der Waals surface area contributed by atoms with Crippen molar-refractivity contribution in [2.75, 3.05) is 53.4 Å². The summed E-state index contributed by atoms with van der Waals surface area (Å²) >= 11 is 1.72. The fraction of sp³-hybridized carbons (Fsp3) is 0.824. The molecule has 0 radical (unpaired) electrons. The van der Waals surface area contributed by atoms with Gasteiger partial charge in [0.2, 0.25) is 0 Å². The summed E-state index contributed by atoms with van der Waals surface area (Å²) in [6.45, 7) is 13.1. The highest BCUT2D eigenvalue weighted by molar-refractivity contribution is 7.09. The molecular weight excluding hydrogens is 308 g/mol. The zero-order valence-electron chi connectivity index (χ0n) is 15.2. The van der Waals surface area contributed by atoms with Gasteiger partial charge < -0.3 is 10.0 Å². The summed E-state index contributed by atoms with van der Waals surface area (Å²) in [6, 6.07) is 0. The summed E-state index contributed by atoms with van der Waals surface area (Å²) in [6.07, 6.45) is -0.301. The molecule has 1 fully saturated rings. The van der Waals surface area contributed by atoms with Crippen molar-refractivity contribution in [3.05, 3.63) is 16.1 Å². The molecular formula is C17H32N4OS. The molecule has 23 heavy (non-hydrogen) atoms. The fourth-order valence-corrected chi connectivity index (χ4v) is 3.87. The van der Waals surface area contributed by atoms with Crippen molar-refractivity contribution in [3.8, 4) is 0 Å². The first-order valence-electron chi connectivity index (χ1n) is 8.46. The first-order valence-corrected chi connectivity index (χ1v) is 9.34. The number of nitrogens with zero attached hydrogens (tertiary/aromatic N) is 4. The van der Waals surface area contributed by atoms with E-state index in [2.05, 4.69) is 54.9 Å². The normalized spacial score (nSPS) is 19.4. The van der Waals surface area contributed by atoms with Crippen molar-refractivity contribution in [2.24, 2.45) is 0 Å². The highest BCUT2D eigenvalue weighted by atomic mass is 32.1. The van der Waals surface area contributed by atoms with Crippen molar-refractivity contribution < 1.29 is 5.11 Å². The molecule has 1 saturated heterocycles. The molecule has 0 bridgehead atoms. The molecule has 1 unspecified atom stereocenters. The molecule has 1 N–H and O–H groups in total. The Morgan fingerprint density at radius 1 is 1.30 bits per heavy atom. The Balaban J connectivity index is 1.75. The average Bonchev–Trinajstić information content (AvgIpc) is 2.89. The van der Waals surface area contributed by atoms with Gasteiger partial charge in [0.15, 0.2) is 0 Å². The van der Waals surface area contributed by atoms with Crippen molar-refractivity contribution in [1.29, 1.82) is 0 Å². The molecule has 0 spiro atoms. The molecule has 1 aromatic rings. The quantitative estimate of drug-likeness (QED) is 0.850. The molecule has 132 valence electrons. The highest BCUT2D eigenvalue weighted by Gasteiger charge is 2.20. The molecule has 1 aliphatic rings. The van der Waals surface area contributed by atoms with Gasteiger partial charge in [-0.15, -0.1) is 11.3 Å². The molecule has 0 aromatic carbocycles. The number of aliphatic hydroxyl groups is 1. The number of thiazole rings is 1. The summed E-state index contributed by atoms with van der Waals surface area (Å²) in [4.78, 5) is 11.6. The summed E-state index contributed by atoms with van der Waals surface area (Å²) in [7, 11) is 4.22. The largest absolute Gasteiger partial charge is 0.390 e. The summed E-state index contributed by atoms with van der Waals surface area (Å²) < 4.78 is 0. The van der Waals surface area contributed by atoms with Crippen LogP contribution < -0.4 is 0 Å². The number of likely N-dealkylation sites (N-methyl/N-ethyl adjacent to an activating group) is 2. The van der Waals surface area contributed by atoms with Gasteiger partial charge in [-0.25, -0.2) is 4.98 Å². The Kier molecular flexibility index (Phi) is 6.57. The Hall–Kier alpha value is -0.530. The van der Waals surface area contributed by atoms with E-state index in [9.17, 15) is 5.11 Å². The van der Waals surface area contributed by atoms with Crippen molar-refractivity contribution in [3.63, 3.8) is 0 Å². The standard InChI is InChI=1S/C17H32N4OS/c1-17(2,3)15-13-23-16(18-15)12-20(5)10-14(22)11-21-8-6-19(4)7-9-21/h13-14,22H,6-12H2,1-5H3. The molecule has 6 heteroatoms. The van der Waals surface area contributed by atoms with Crippen LogP contribution in [0.3, 0.4) is 0 Å². The van der Waals surface area contributed by atoms with Crippen LogP contribution in [0.1, 0.15) is 31.5 Å². The SMILES string of the molecule is CN1CCN(CC(O)CN(C)Cc2nc(C(C)(C)C)cs2)CC1. The van der Waals surface area contributed by atoms with Gasteiger partial charge in [0.05, 0.1) is 18.3 Å². The third-order valence-electron chi connectivity index (χ3n) is 4.31. The number of aromatic nitrogens is 1. The van der Waals surface area contributed by atoms with E-state index in [1.165, 1.54) is 0 Å². The predicted molar refractivity (Wildman–Crippen MR) is 97.1 cm³/mol. The maximum Gasteiger partial charge on any atom is 0.107 e. The Labute approximate surface area is 144 Å². The molecule has 1 atom stereocenters. The number of hydrogen-bond donors (Lipinski definition) is 1. The zero-order valence-corrected chi connectivity index (χ0v) is 16.1. The molecule has 0 amide bonds. The molecule has 1 aromatic heterocycles. The van der Waals surface area contributed by atoms with Gasteiger partial charge in [0.1, 0.15) is 5.01 Å². The van der Waals surface area contributed by atoms with Gasteiger partial charge in [-0.1, -0.05) is 20.8 Å². The van der Waals surface area contributed by atoms with E-state index in [4.69, 9.17) is 4.98 Å². The molecule has 0 aliphatic carbocycles. The van der Waals surface area contributed by atoms with Crippen LogP contribution in [0.25, 0.3) is 0 Å². The first-order chi connectivity index (χ1) is 10.7. The molecule has 1 aliphatic heterocycles. The van der Waals surface area contributed by atoms with E-state index < -0.39 is 0 Å². The van der Waals surface area contributed by atoms with E-state index in [0.717, 1.165) is 50.0 Å². The molecule has 5 nitrogen and oxygen atoms in total. The van der Waals surface area contributed by atoms with Crippen LogP contribution in [0, 0.1) is 0 Å². The first kappa shape index (κ1) is 18.8. The van der Waals surface area contributed by atoms with Crippen molar-refractivity contribution in [1.82, 2.24) is 19.7 Å². The lowest BCUT2D eigenvalue weighted by Crippen LogP contribution is -2.48. The van der Waals surface area contributed by atoms with Crippen LogP contribution >= 0.6 is 11.3 Å². The zero-order chi connectivity index (χ0) is 17.0. The number of piperazine rings is 1. The molecule has 2 rings (SSSR count). The Bertz CT molecular complexity index is 477. The van der Waals surface area contributed by atoms with Crippen LogP contribution in [0.2, 0.25) is 0 Å². The smallest absolute Gasteiger partial charge is 0.107 e. The summed E-state index contributed by atoms with van der Waals surface area (Å²) in [5.74, 6) is 0. The number of rotatable bonds is 6. The lowest BCUT2D eigenvalue weighted by molar-refractivity contribution is 0.0593. The van der Waals surface area contributed by atoms with Gasteiger partial charge in [-0.3, -0.25) is 9.80 Å². The van der Waals surface area contributed by atoms with E-state index in [1.807, 2.05) is 0 Å². The van der Waals surface area contributed by atoms with Gasteiger partial charge in [0, 0.05) is 50.1 Å². The lowest BCUT2D eigenvalue weighted by Gasteiger charge is -2.34. The van der Waals surface area contributed by atoms with Gasteiger partial charge in [-0.2, -0.15) is 0 Å². The summed E-state index contributed by atoms with van der Waals surface area (Å²) in [5, 5.41) is 13.6. The molecule has 2 heterocycles. The lowest BCUT2D eigenvalue weighted by atomic mass is 9.93. The second-order valence-corrected chi connectivity index (χ2v) is 8.77. The molecule has 0 saturated carbocycles. The van der Waals surface area contributed by atoms with Crippen molar-refractivity contribution in [2.45, 2.75) is 38.8 Å². The second-order valence-electron chi connectivity index (χ2n) is 7.83. The monoisotopic (exact) mass is 340 g/mol. The van der Waals surface area contributed by atoms with Crippen LogP contribution in [0.4, 0.5) is 0 Å². The van der Waals surface area contributed by atoms with Crippen LogP contribution in [-0.2, 0) is 12.0 Å². The highest BCUT2D eigenvalue weighted by Crippen LogP contribution is 2.24. The van der Waals surface area contributed by atoms with Crippen LogP contribution in [-0.4, -0.2) is 84.3 Å².